The SMILES string of the molecule is CSCCCCCCNCCC#N. The second kappa shape index (κ2) is 11.8. The van der Waals surface area contributed by atoms with Crippen LogP contribution in [0.4, 0.5) is 0 Å². The van der Waals surface area contributed by atoms with Crippen LogP contribution in [0.5, 0.6) is 0 Å². The lowest BCUT2D eigenvalue weighted by Crippen LogP contribution is -2.15. The maximum atomic E-state index is 8.27. The van der Waals surface area contributed by atoms with Crippen molar-refractivity contribution in [1.29, 1.82) is 5.26 Å². The Morgan fingerprint density at radius 1 is 1.15 bits per heavy atom. The zero-order valence-electron chi connectivity index (χ0n) is 8.51. The highest BCUT2D eigenvalue weighted by atomic mass is 32.2. The van der Waals surface area contributed by atoms with Crippen LogP contribution >= 0.6 is 11.8 Å². The summed E-state index contributed by atoms with van der Waals surface area (Å²) in [6.07, 6.45) is 8.05. The van der Waals surface area contributed by atoms with Crippen LogP contribution < -0.4 is 5.32 Å². The van der Waals surface area contributed by atoms with Gasteiger partial charge in [-0.3, -0.25) is 0 Å². The summed E-state index contributed by atoms with van der Waals surface area (Å²) in [6, 6.07) is 2.12. The van der Waals surface area contributed by atoms with Crippen LogP contribution in [-0.2, 0) is 0 Å². The minimum atomic E-state index is 0.631. The highest BCUT2D eigenvalue weighted by Crippen LogP contribution is 2.03. The lowest BCUT2D eigenvalue weighted by molar-refractivity contribution is 0.604. The molecule has 0 aromatic carbocycles. The third-order valence-corrected chi connectivity index (χ3v) is 2.56. The molecule has 0 aromatic rings. The number of rotatable bonds is 9. The molecule has 0 fully saturated rings. The van der Waals surface area contributed by atoms with Gasteiger partial charge < -0.3 is 5.32 Å². The second-order valence-corrected chi connectivity index (χ2v) is 4.05. The summed E-state index contributed by atoms with van der Waals surface area (Å²) in [5, 5.41) is 11.5. The van der Waals surface area contributed by atoms with Crippen LogP contribution in [0.1, 0.15) is 32.1 Å². The first-order chi connectivity index (χ1) is 6.41. The van der Waals surface area contributed by atoms with Crippen molar-refractivity contribution < 1.29 is 0 Å². The Hall–Kier alpha value is -0.200. The maximum absolute atomic E-state index is 8.27. The Bertz CT molecular complexity index is 131. The largest absolute Gasteiger partial charge is 0.316 e. The summed E-state index contributed by atoms with van der Waals surface area (Å²) < 4.78 is 0. The lowest BCUT2D eigenvalue weighted by atomic mass is 10.2. The van der Waals surface area contributed by atoms with Gasteiger partial charge in [-0.05, 0) is 31.4 Å². The van der Waals surface area contributed by atoms with Gasteiger partial charge in [-0.15, -0.1) is 0 Å². The number of nitriles is 1. The van der Waals surface area contributed by atoms with Crippen molar-refractivity contribution in [3.63, 3.8) is 0 Å². The smallest absolute Gasteiger partial charge is 0.0635 e. The molecule has 0 aliphatic rings. The molecule has 3 heteroatoms. The monoisotopic (exact) mass is 200 g/mol. The molecule has 0 rings (SSSR count). The zero-order valence-corrected chi connectivity index (χ0v) is 9.33. The molecule has 0 saturated heterocycles. The first kappa shape index (κ1) is 12.8. The Labute approximate surface area is 86.1 Å². The summed E-state index contributed by atoms with van der Waals surface area (Å²) in [5.41, 5.74) is 0. The minimum absolute atomic E-state index is 0.631. The van der Waals surface area contributed by atoms with Gasteiger partial charge in [0.05, 0.1) is 6.07 Å². The van der Waals surface area contributed by atoms with E-state index in [1.165, 1.54) is 31.4 Å². The van der Waals surface area contributed by atoms with Gasteiger partial charge in [0.25, 0.3) is 0 Å². The van der Waals surface area contributed by atoms with Crippen LogP contribution in [0.25, 0.3) is 0 Å². The van der Waals surface area contributed by atoms with Crippen molar-refractivity contribution >= 4 is 11.8 Å². The van der Waals surface area contributed by atoms with E-state index in [1.807, 2.05) is 11.8 Å². The van der Waals surface area contributed by atoms with Gasteiger partial charge in [-0.2, -0.15) is 17.0 Å². The van der Waals surface area contributed by atoms with Gasteiger partial charge in [0, 0.05) is 13.0 Å². The predicted octanol–water partition coefficient (Wildman–Crippen LogP) is 2.41. The Morgan fingerprint density at radius 2 is 1.92 bits per heavy atom. The zero-order chi connectivity index (χ0) is 9.78. The number of nitrogens with zero attached hydrogens (tertiary/aromatic N) is 1. The molecular weight excluding hydrogens is 180 g/mol. The normalized spacial score (nSPS) is 9.85. The summed E-state index contributed by atoms with van der Waals surface area (Å²) >= 11 is 1.92. The first-order valence-corrected chi connectivity index (χ1v) is 6.38. The lowest BCUT2D eigenvalue weighted by Gasteiger charge is -2.01. The van der Waals surface area contributed by atoms with Gasteiger partial charge in [-0.1, -0.05) is 12.8 Å². The van der Waals surface area contributed by atoms with Gasteiger partial charge in [-0.25, -0.2) is 0 Å². The topological polar surface area (TPSA) is 35.8 Å². The molecule has 2 nitrogen and oxygen atoms in total. The highest BCUT2D eigenvalue weighted by Gasteiger charge is 1.89. The molecule has 0 aromatic heterocycles. The molecule has 0 radical (unpaired) electrons. The molecule has 0 atom stereocenters. The molecule has 13 heavy (non-hydrogen) atoms. The van der Waals surface area contributed by atoms with Crippen molar-refractivity contribution in [1.82, 2.24) is 5.32 Å². The van der Waals surface area contributed by atoms with Crippen LogP contribution in [0.3, 0.4) is 0 Å². The summed E-state index contributed by atoms with van der Waals surface area (Å²) in [5.74, 6) is 1.29. The number of thioether (sulfide) groups is 1. The molecule has 76 valence electrons. The molecule has 0 amide bonds. The number of hydrogen-bond acceptors (Lipinski definition) is 3. The Balaban J connectivity index is 2.80. The molecule has 0 spiro atoms. The average molecular weight is 200 g/mol. The number of nitrogens with one attached hydrogen (secondary N) is 1. The van der Waals surface area contributed by atoms with E-state index in [1.54, 1.807) is 0 Å². The van der Waals surface area contributed by atoms with Crippen LogP contribution in [-0.4, -0.2) is 25.1 Å². The molecule has 0 bridgehead atoms. The van der Waals surface area contributed by atoms with Crippen molar-refractivity contribution in [2.24, 2.45) is 0 Å². The summed E-state index contributed by atoms with van der Waals surface area (Å²) in [4.78, 5) is 0. The fourth-order valence-electron chi connectivity index (χ4n) is 1.12. The Kier molecular flexibility index (Phi) is 11.6. The second-order valence-electron chi connectivity index (χ2n) is 3.07. The molecule has 0 heterocycles. The van der Waals surface area contributed by atoms with E-state index in [0.717, 1.165) is 13.1 Å². The quantitative estimate of drug-likeness (QED) is 0.581. The van der Waals surface area contributed by atoms with Crippen LogP contribution in [0.2, 0.25) is 0 Å². The summed E-state index contributed by atoms with van der Waals surface area (Å²) in [6.45, 7) is 1.92. The van der Waals surface area contributed by atoms with E-state index in [9.17, 15) is 0 Å². The first-order valence-electron chi connectivity index (χ1n) is 4.98. The molecular formula is C10H20N2S. The van der Waals surface area contributed by atoms with E-state index in [0.29, 0.717) is 6.42 Å². The molecule has 0 aliphatic heterocycles. The van der Waals surface area contributed by atoms with Crippen LogP contribution in [0.15, 0.2) is 0 Å². The average Bonchev–Trinajstić information content (AvgIpc) is 2.16. The highest BCUT2D eigenvalue weighted by molar-refractivity contribution is 7.98. The molecule has 0 unspecified atom stereocenters. The predicted molar refractivity (Wildman–Crippen MR) is 59.9 cm³/mol. The third-order valence-electron chi connectivity index (χ3n) is 1.87. The molecule has 1 N–H and O–H groups in total. The third kappa shape index (κ3) is 11.8. The van der Waals surface area contributed by atoms with Gasteiger partial charge >= 0.3 is 0 Å². The fraction of sp³-hybridized carbons (Fsp3) is 0.900. The van der Waals surface area contributed by atoms with Gasteiger partial charge in [0.15, 0.2) is 0 Å². The van der Waals surface area contributed by atoms with Gasteiger partial charge in [0.2, 0.25) is 0 Å². The van der Waals surface area contributed by atoms with Crippen molar-refractivity contribution in [3.05, 3.63) is 0 Å². The number of hydrogen-bond donors (Lipinski definition) is 1. The molecule has 0 saturated carbocycles. The van der Waals surface area contributed by atoms with Crippen molar-refractivity contribution in [2.45, 2.75) is 32.1 Å². The van der Waals surface area contributed by atoms with Crippen molar-refractivity contribution in [2.75, 3.05) is 25.1 Å². The van der Waals surface area contributed by atoms with Crippen LogP contribution in [0, 0.1) is 11.3 Å². The van der Waals surface area contributed by atoms with Gasteiger partial charge in [0.1, 0.15) is 0 Å². The van der Waals surface area contributed by atoms with E-state index >= 15 is 0 Å². The van der Waals surface area contributed by atoms with E-state index < -0.39 is 0 Å². The standard InChI is InChI=1S/C10H20N2S/c1-13-10-5-3-2-4-8-12-9-6-7-11/h12H,2-6,8-10H2,1H3. The number of unbranched alkanes of at least 4 members (excludes halogenated alkanes) is 3. The van der Waals surface area contributed by atoms with Crippen molar-refractivity contribution in [3.8, 4) is 6.07 Å². The molecule has 0 aliphatic carbocycles. The van der Waals surface area contributed by atoms with E-state index in [2.05, 4.69) is 17.6 Å². The minimum Gasteiger partial charge on any atom is -0.316 e. The Morgan fingerprint density at radius 3 is 2.62 bits per heavy atom. The fourth-order valence-corrected chi connectivity index (χ4v) is 1.61. The van der Waals surface area contributed by atoms with E-state index in [-0.39, 0.29) is 0 Å². The van der Waals surface area contributed by atoms with E-state index in [4.69, 9.17) is 5.26 Å². The summed E-state index contributed by atoms with van der Waals surface area (Å²) in [7, 11) is 0. The maximum Gasteiger partial charge on any atom is 0.0635 e.